The van der Waals surface area contributed by atoms with Gasteiger partial charge < -0.3 is 10.4 Å². The molecule has 0 aromatic heterocycles. The molecule has 2 N–H and O–H groups in total. The van der Waals surface area contributed by atoms with Gasteiger partial charge in [-0.2, -0.15) is 0 Å². The molecule has 0 saturated heterocycles. The van der Waals surface area contributed by atoms with Crippen LogP contribution in [-0.2, 0) is 9.59 Å². The van der Waals surface area contributed by atoms with Crippen molar-refractivity contribution in [2.75, 3.05) is 0 Å². The lowest BCUT2D eigenvalue weighted by Crippen LogP contribution is -2.35. The number of carbonyl (C=O) groups excluding carboxylic acids is 1. The summed E-state index contributed by atoms with van der Waals surface area (Å²) in [5.74, 6) is -0.946. The molecule has 0 fully saturated rings. The molecule has 1 amide bonds. The number of unbranched alkanes of at least 4 members (excludes halogenated alkanes) is 6. The fourth-order valence-electron chi connectivity index (χ4n) is 1.67. The normalized spacial score (nSPS) is 12.1. The van der Waals surface area contributed by atoms with Crippen molar-refractivity contribution in [3.8, 4) is 0 Å². The molecule has 0 saturated carbocycles. The van der Waals surface area contributed by atoms with Crippen LogP contribution in [-0.4, -0.2) is 23.5 Å². The molecule has 0 bridgehead atoms. The molecule has 0 aromatic rings. The Morgan fingerprint density at radius 2 is 1.75 bits per heavy atom. The van der Waals surface area contributed by atoms with E-state index in [-0.39, 0.29) is 0 Å². The molecule has 0 spiro atoms. The number of carboxylic acid groups (broad SMARTS) is 1. The van der Waals surface area contributed by atoms with Gasteiger partial charge in [0.2, 0.25) is 6.41 Å². The summed E-state index contributed by atoms with van der Waals surface area (Å²) in [6.45, 7) is 2.18. The van der Waals surface area contributed by atoms with Gasteiger partial charge in [-0.05, 0) is 6.42 Å². The highest BCUT2D eigenvalue weighted by atomic mass is 16.4. The van der Waals surface area contributed by atoms with E-state index in [0.717, 1.165) is 19.3 Å². The third-order valence-corrected chi connectivity index (χ3v) is 2.66. The standard InChI is InChI=1S/C12H23NO3/c1-2-3-4-5-6-7-8-9-11(12(15)16)13-10-14/h10-11H,2-9H2,1H3,(H,13,14)(H,15,16). The Bertz CT molecular complexity index is 195. The molecule has 1 unspecified atom stereocenters. The second-order valence-corrected chi connectivity index (χ2v) is 4.09. The van der Waals surface area contributed by atoms with Crippen LogP contribution in [0.4, 0.5) is 0 Å². The predicted molar refractivity (Wildman–Crippen MR) is 63.2 cm³/mol. The van der Waals surface area contributed by atoms with E-state index in [1.54, 1.807) is 0 Å². The third kappa shape index (κ3) is 8.26. The van der Waals surface area contributed by atoms with E-state index in [1.165, 1.54) is 25.7 Å². The Kier molecular flexibility index (Phi) is 9.76. The fraction of sp³-hybridized carbons (Fsp3) is 0.833. The molecule has 4 nitrogen and oxygen atoms in total. The molecule has 16 heavy (non-hydrogen) atoms. The SMILES string of the molecule is CCCCCCCCCC(NC=O)C(=O)O. The van der Waals surface area contributed by atoms with Crippen LogP contribution in [0.25, 0.3) is 0 Å². The van der Waals surface area contributed by atoms with Gasteiger partial charge in [-0.15, -0.1) is 0 Å². The number of aliphatic carboxylic acids is 1. The van der Waals surface area contributed by atoms with E-state index in [2.05, 4.69) is 12.2 Å². The van der Waals surface area contributed by atoms with E-state index >= 15 is 0 Å². The van der Waals surface area contributed by atoms with Gasteiger partial charge in [-0.1, -0.05) is 51.9 Å². The van der Waals surface area contributed by atoms with Crippen molar-refractivity contribution >= 4 is 12.4 Å². The largest absolute Gasteiger partial charge is 0.480 e. The molecule has 0 radical (unpaired) electrons. The van der Waals surface area contributed by atoms with Gasteiger partial charge in [0.15, 0.2) is 0 Å². The molecule has 4 heteroatoms. The molecular formula is C12H23NO3. The summed E-state index contributed by atoms with van der Waals surface area (Å²) in [4.78, 5) is 20.8. The molecule has 1 atom stereocenters. The summed E-state index contributed by atoms with van der Waals surface area (Å²) in [5, 5.41) is 11.1. The minimum absolute atomic E-state index is 0.458. The van der Waals surface area contributed by atoms with E-state index in [0.29, 0.717) is 12.8 Å². The zero-order chi connectivity index (χ0) is 12.2. The lowest BCUT2D eigenvalue weighted by molar-refractivity contribution is -0.140. The quantitative estimate of drug-likeness (QED) is 0.422. The highest BCUT2D eigenvalue weighted by molar-refractivity contribution is 5.76. The topological polar surface area (TPSA) is 66.4 Å². The molecule has 0 aromatic carbocycles. The summed E-state index contributed by atoms with van der Waals surface area (Å²) in [6, 6.07) is -0.715. The van der Waals surface area contributed by atoms with Crippen LogP contribution in [0.2, 0.25) is 0 Å². The van der Waals surface area contributed by atoms with Crippen LogP contribution in [0, 0.1) is 0 Å². The van der Waals surface area contributed by atoms with Gasteiger partial charge in [0.25, 0.3) is 0 Å². The van der Waals surface area contributed by atoms with Crippen molar-refractivity contribution in [1.29, 1.82) is 0 Å². The van der Waals surface area contributed by atoms with E-state index in [4.69, 9.17) is 5.11 Å². The van der Waals surface area contributed by atoms with Gasteiger partial charge in [0.1, 0.15) is 6.04 Å². The van der Waals surface area contributed by atoms with Gasteiger partial charge in [-0.3, -0.25) is 4.79 Å². The zero-order valence-corrected chi connectivity index (χ0v) is 10.1. The second kappa shape index (κ2) is 10.5. The Hall–Kier alpha value is -1.06. The number of amides is 1. The van der Waals surface area contributed by atoms with Crippen molar-refractivity contribution in [2.24, 2.45) is 0 Å². The average Bonchev–Trinajstić information content (AvgIpc) is 2.26. The number of carboxylic acids is 1. The first-order valence-corrected chi connectivity index (χ1v) is 6.14. The first-order valence-electron chi connectivity index (χ1n) is 6.14. The van der Waals surface area contributed by atoms with Crippen molar-refractivity contribution in [2.45, 2.75) is 64.3 Å². The molecular weight excluding hydrogens is 206 g/mol. The summed E-state index contributed by atoms with van der Waals surface area (Å²) in [6.07, 6.45) is 9.08. The van der Waals surface area contributed by atoms with Crippen molar-refractivity contribution < 1.29 is 14.7 Å². The number of hydrogen-bond acceptors (Lipinski definition) is 2. The molecule has 0 rings (SSSR count). The lowest BCUT2D eigenvalue weighted by atomic mass is 10.1. The molecule has 0 aliphatic rings. The maximum Gasteiger partial charge on any atom is 0.326 e. The van der Waals surface area contributed by atoms with Crippen LogP contribution >= 0.6 is 0 Å². The minimum atomic E-state index is -0.946. The number of carbonyl (C=O) groups is 2. The van der Waals surface area contributed by atoms with Crippen LogP contribution in [0.1, 0.15) is 58.3 Å². The van der Waals surface area contributed by atoms with Gasteiger partial charge in [0.05, 0.1) is 0 Å². The summed E-state index contributed by atoms with van der Waals surface area (Å²) in [7, 11) is 0. The fourth-order valence-corrected chi connectivity index (χ4v) is 1.67. The van der Waals surface area contributed by atoms with Crippen LogP contribution < -0.4 is 5.32 Å². The summed E-state index contributed by atoms with van der Waals surface area (Å²) in [5.41, 5.74) is 0. The molecule has 94 valence electrons. The maximum absolute atomic E-state index is 10.7. The summed E-state index contributed by atoms with van der Waals surface area (Å²) < 4.78 is 0. The van der Waals surface area contributed by atoms with Crippen LogP contribution in [0.15, 0.2) is 0 Å². The van der Waals surface area contributed by atoms with Gasteiger partial charge in [0, 0.05) is 0 Å². The van der Waals surface area contributed by atoms with E-state index < -0.39 is 12.0 Å². The average molecular weight is 229 g/mol. The van der Waals surface area contributed by atoms with E-state index in [1.807, 2.05) is 0 Å². The Morgan fingerprint density at radius 3 is 2.25 bits per heavy atom. The Morgan fingerprint density at radius 1 is 1.19 bits per heavy atom. The molecule has 0 heterocycles. The maximum atomic E-state index is 10.7. The zero-order valence-electron chi connectivity index (χ0n) is 10.1. The first-order chi connectivity index (χ1) is 7.72. The van der Waals surface area contributed by atoms with Crippen molar-refractivity contribution in [3.63, 3.8) is 0 Å². The second-order valence-electron chi connectivity index (χ2n) is 4.09. The summed E-state index contributed by atoms with van der Waals surface area (Å²) >= 11 is 0. The first kappa shape index (κ1) is 14.9. The van der Waals surface area contributed by atoms with Crippen molar-refractivity contribution in [1.82, 2.24) is 5.32 Å². The Labute approximate surface area is 97.4 Å². The Balaban J connectivity index is 3.40. The molecule has 0 aliphatic heterocycles. The highest BCUT2D eigenvalue weighted by Gasteiger charge is 2.14. The smallest absolute Gasteiger partial charge is 0.326 e. The van der Waals surface area contributed by atoms with Crippen LogP contribution in [0.5, 0.6) is 0 Å². The van der Waals surface area contributed by atoms with E-state index in [9.17, 15) is 9.59 Å². The third-order valence-electron chi connectivity index (χ3n) is 2.66. The van der Waals surface area contributed by atoms with Crippen molar-refractivity contribution in [3.05, 3.63) is 0 Å². The van der Waals surface area contributed by atoms with Gasteiger partial charge >= 0.3 is 5.97 Å². The monoisotopic (exact) mass is 229 g/mol. The highest BCUT2D eigenvalue weighted by Crippen LogP contribution is 2.09. The predicted octanol–water partition coefficient (Wildman–Crippen LogP) is 2.33. The molecule has 0 aliphatic carbocycles. The van der Waals surface area contributed by atoms with Gasteiger partial charge in [-0.25, -0.2) is 4.79 Å². The van der Waals surface area contributed by atoms with Crippen LogP contribution in [0.3, 0.4) is 0 Å². The number of rotatable bonds is 11. The number of nitrogens with one attached hydrogen (secondary N) is 1. The minimum Gasteiger partial charge on any atom is -0.480 e. The number of hydrogen-bond donors (Lipinski definition) is 2. The lowest BCUT2D eigenvalue weighted by Gasteiger charge is -2.10.